The van der Waals surface area contributed by atoms with Crippen LogP contribution in [0, 0.1) is 0 Å². The molecule has 1 aromatic heterocycles. The second-order valence-corrected chi connectivity index (χ2v) is 13.4. The van der Waals surface area contributed by atoms with Crippen LogP contribution in [0.4, 0.5) is 30.8 Å². The molecule has 2 fully saturated rings. The number of rotatable bonds is 15. The largest absolute Gasteiger partial charge is 0.467 e. The van der Waals surface area contributed by atoms with Crippen LogP contribution in [-0.2, 0) is 24.7 Å². The average Bonchev–Trinajstić information content (AvgIpc) is 4.11. The number of anilines is 3. The summed E-state index contributed by atoms with van der Waals surface area (Å²) >= 11 is 6.03. The Balaban J connectivity index is 1.04. The Kier molecular flexibility index (Phi) is 11.7. The fourth-order valence-corrected chi connectivity index (χ4v) is 5.93. The van der Waals surface area contributed by atoms with Crippen LogP contribution in [-0.4, -0.2) is 77.2 Å². The predicted octanol–water partition coefficient (Wildman–Crippen LogP) is 4.76. The van der Waals surface area contributed by atoms with Crippen molar-refractivity contribution >= 4 is 52.9 Å². The smallest absolute Gasteiger partial charge is 0.422 e. The van der Waals surface area contributed by atoms with Gasteiger partial charge in [-0.15, -0.1) is 0 Å². The molecular formula is C37H36ClF3N8O6. The zero-order chi connectivity index (χ0) is 39.2. The zero-order valence-electron chi connectivity index (χ0n) is 29.3. The first-order chi connectivity index (χ1) is 26.3. The highest BCUT2D eigenvalue weighted by molar-refractivity contribution is 6.35. The van der Waals surface area contributed by atoms with Crippen LogP contribution >= 0.6 is 11.6 Å². The summed E-state index contributed by atoms with van der Waals surface area (Å²) in [6.07, 6.45) is -2.55. The number of halogens is 4. The molecule has 2 aliphatic carbocycles. The topological polar surface area (TPSA) is 186 Å². The van der Waals surface area contributed by atoms with E-state index in [1.54, 1.807) is 12.1 Å². The molecule has 0 bridgehead atoms. The Hall–Kier alpha value is -5.97. The van der Waals surface area contributed by atoms with Gasteiger partial charge in [-0.1, -0.05) is 54.1 Å². The van der Waals surface area contributed by atoms with E-state index in [0.717, 1.165) is 24.7 Å². The maximum atomic E-state index is 13.1. The summed E-state index contributed by atoms with van der Waals surface area (Å²) in [5.41, 5.74) is 1.92. The van der Waals surface area contributed by atoms with Crippen molar-refractivity contribution < 1.29 is 41.8 Å². The number of aromatic nitrogens is 3. The van der Waals surface area contributed by atoms with Crippen molar-refractivity contribution in [3.05, 3.63) is 101 Å². The molecule has 5 N–H and O–H groups in total. The van der Waals surface area contributed by atoms with Crippen molar-refractivity contribution in [2.24, 2.45) is 0 Å². The number of amides is 3. The molecule has 14 nitrogen and oxygen atoms in total. The summed E-state index contributed by atoms with van der Waals surface area (Å²) in [7, 11) is 1.15. The van der Waals surface area contributed by atoms with Gasteiger partial charge in [-0.3, -0.25) is 14.4 Å². The molecule has 0 radical (unpaired) electrons. The zero-order valence-corrected chi connectivity index (χ0v) is 30.0. The lowest BCUT2D eigenvalue weighted by Crippen LogP contribution is -2.46. The van der Waals surface area contributed by atoms with Gasteiger partial charge in [0.25, 0.3) is 5.91 Å². The van der Waals surface area contributed by atoms with E-state index in [0.29, 0.717) is 23.6 Å². The molecule has 0 spiro atoms. The van der Waals surface area contributed by atoms with E-state index in [4.69, 9.17) is 21.1 Å². The van der Waals surface area contributed by atoms with Gasteiger partial charge in [0, 0.05) is 34.8 Å². The highest BCUT2D eigenvalue weighted by Gasteiger charge is 2.45. The molecule has 2 saturated carbocycles. The fraction of sp³-hybridized carbons (Fsp3) is 0.324. The molecule has 3 atom stereocenters. The maximum absolute atomic E-state index is 13.1. The third-order valence-electron chi connectivity index (χ3n) is 8.93. The van der Waals surface area contributed by atoms with Crippen molar-refractivity contribution in [3.8, 4) is 6.01 Å². The first-order valence-corrected chi connectivity index (χ1v) is 17.6. The number of nitrogens with zero attached hydrogens (tertiary/aromatic N) is 3. The Morgan fingerprint density at radius 3 is 2.25 bits per heavy atom. The number of hydrogen-bond acceptors (Lipinski definition) is 11. The number of carbonyl (C=O) groups excluding carboxylic acids is 4. The molecule has 6 rings (SSSR count). The molecule has 1 heterocycles. The number of esters is 1. The minimum atomic E-state index is -4.63. The Bertz CT molecular complexity index is 2020. The van der Waals surface area contributed by atoms with Gasteiger partial charge in [-0.05, 0) is 73.2 Å². The van der Waals surface area contributed by atoms with Crippen LogP contribution in [0.15, 0.2) is 78.9 Å². The van der Waals surface area contributed by atoms with Gasteiger partial charge in [-0.2, -0.15) is 28.1 Å². The van der Waals surface area contributed by atoms with Crippen LogP contribution in [0.3, 0.4) is 0 Å². The average molecular weight is 781 g/mol. The van der Waals surface area contributed by atoms with Crippen molar-refractivity contribution in [1.29, 1.82) is 0 Å². The van der Waals surface area contributed by atoms with Crippen LogP contribution in [0.2, 0.25) is 5.02 Å². The fourth-order valence-electron chi connectivity index (χ4n) is 5.81. The number of hydrogen-bond donors (Lipinski definition) is 5. The van der Waals surface area contributed by atoms with Crippen molar-refractivity contribution in [1.82, 2.24) is 30.9 Å². The van der Waals surface area contributed by atoms with Crippen molar-refractivity contribution in [3.63, 3.8) is 0 Å². The third-order valence-corrected chi connectivity index (χ3v) is 9.18. The van der Waals surface area contributed by atoms with Gasteiger partial charge in [-0.25, -0.2) is 4.79 Å². The Morgan fingerprint density at radius 1 is 0.909 bits per heavy atom. The van der Waals surface area contributed by atoms with Gasteiger partial charge in [0.1, 0.15) is 6.04 Å². The van der Waals surface area contributed by atoms with E-state index in [1.165, 1.54) is 24.3 Å². The minimum Gasteiger partial charge on any atom is -0.467 e. The number of ether oxygens (including phenoxy) is 2. The Labute approximate surface area is 318 Å². The highest BCUT2D eigenvalue weighted by atomic mass is 35.5. The molecule has 18 heteroatoms. The third kappa shape index (κ3) is 10.6. The summed E-state index contributed by atoms with van der Waals surface area (Å²) in [5, 5.41) is 14.4. The maximum Gasteiger partial charge on any atom is 0.422 e. The van der Waals surface area contributed by atoms with Gasteiger partial charge in [0.2, 0.25) is 11.9 Å². The lowest BCUT2D eigenvalue weighted by molar-refractivity contribution is -0.154. The molecule has 0 saturated heterocycles. The molecule has 3 aromatic carbocycles. The monoisotopic (exact) mass is 780 g/mol. The van der Waals surface area contributed by atoms with Crippen LogP contribution in [0.25, 0.3) is 0 Å². The molecule has 2 aliphatic rings. The lowest BCUT2D eigenvalue weighted by atomic mass is 10.1. The molecule has 0 aliphatic heterocycles. The summed E-state index contributed by atoms with van der Waals surface area (Å²) in [5.74, 6) is -3.09. The number of methoxy groups -OCH3 is 1. The molecule has 4 aromatic rings. The lowest BCUT2D eigenvalue weighted by Gasteiger charge is -2.19. The molecular weight excluding hydrogens is 745 g/mol. The number of alkyl halides is 3. The summed E-state index contributed by atoms with van der Waals surface area (Å²) < 4.78 is 48.5. The van der Waals surface area contributed by atoms with E-state index in [1.807, 2.05) is 42.5 Å². The molecule has 288 valence electrons. The first kappa shape index (κ1) is 38.7. The second kappa shape index (κ2) is 16.6. The van der Waals surface area contributed by atoms with Crippen LogP contribution < -0.4 is 31.3 Å². The van der Waals surface area contributed by atoms with Gasteiger partial charge < -0.3 is 36.1 Å². The van der Waals surface area contributed by atoms with E-state index >= 15 is 0 Å². The van der Waals surface area contributed by atoms with Crippen LogP contribution in [0.1, 0.15) is 53.1 Å². The quantitative estimate of drug-likeness (QED) is 0.0828. The molecule has 0 unspecified atom stereocenters. The first-order valence-electron chi connectivity index (χ1n) is 17.2. The highest BCUT2D eigenvalue weighted by Crippen LogP contribution is 2.48. The normalized spacial score (nSPS) is 17.2. The minimum absolute atomic E-state index is 0.0246. The molecule has 3 amide bonds. The van der Waals surface area contributed by atoms with E-state index in [9.17, 15) is 32.3 Å². The van der Waals surface area contributed by atoms with Gasteiger partial charge in [0.15, 0.2) is 6.61 Å². The standard InChI is InChI=1S/C37H36ClF3N8O6/c1-54-32(53)27(15-18-42-30(51)31(52)45-28-19-26(28)21-5-3-2-4-6-21)44-29(50)22-7-13-25(14-8-22)43-33-46-34(48-35(47-33)55-20-37(39,40)41)49-36(16-17-36)23-9-11-24(38)12-10-23/h2-14,26-28H,15-20H2,1H3,(H,42,51)(H,44,50)(H,45,52)(H2,43,46,47,48,49)/t26-,27-,28-/m0/s1. The van der Waals surface area contributed by atoms with Crippen molar-refractivity contribution in [2.45, 2.75) is 55.4 Å². The summed E-state index contributed by atoms with van der Waals surface area (Å²) in [6.45, 7) is -1.73. The summed E-state index contributed by atoms with van der Waals surface area (Å²) in [6, 6.07) is 20.7. The van der Waals surface area contributed by atoms with Crippen molar-refractivity contribution in [2.75, 3.05) is 30.9 Å². The predicted molar refractivity (Wildman–Crippen MR) is 194 cm³/mol. The van der Waals surface area contributed by atoms with Gasteiger partial charge in [0.05, 0.1) is 12.6 Å². The number of benzene rings is 3. The Morgan fingerprint density at radius 2 is 1.60 bits per heavy atom. The molecule has 55 heavy (non-hydrogen) atoms. The van der Waals surface area contributed by atoms with E-state index in [-0.39, 0.29) is 42.4 Å². The number of carbonyl (C=O) groups is 4. The second-order valence-electron chi connectivity index (χ2n) is 13.0. The van der Waals surface area contributed by atoms with Gasteiger partial charge >= 0.3 is 30.0 Å². The van der Waals surface area contributed by atoms with Crippen LogP contribution in [0.5, 0.6) is 6.01 Å². The number of nitrogens with one attached hydrogen (secondary N) is 5. The van der Waals surface area contributed by atoms with E-state index < -0.39 is 54.1 Å². The SMILES string of the molecule is COC(=O)[C@H](CCNC(=O)C(=O)N[C@H]1C[C@H]1c1ccccc1)NC(=O)c1ccc(Nc2nc(NC3(c4ccc(Cl)cc4)CC3)nc(OCC(F)(F)F)n2)cc1. The summed E-state index contributed by atoms with van der Waals surface area (Å²) in [4.78, 5) is 62.7. The van der Waals surface area contributed by atoms with E-state index in [2.05, 4.69) is 41.5 Å².